The third kappa shape index (κ3) is 1.73. The molecule has 1 aromatic rings. The minimum atomic E-state index is -3.31. The standard InChI is InChI=1S/C8H11N2O4S2/c1-10-8-5-6(15(2,11)12)3-4-7(8)9-16(10,13)14/h3-5,13-14H,1-2H3. The van der Waals surface area contributed by atoms with Crippen molar-refractivity contribution in [2.75, 3.05) is 17.6 Å². The molecule has 0 amide bonds. The molecule has 1 aliphatic rings. The van der Waals surface area contributed by atoms with Crippen LogP contribution in [0.4, 0.5) is 11.4 Å². The van der Waals surface area contributed by atoms with E-state index in [-0.39, 0.29) is 4.90 Å². The van der Waals surface area contributed by atoms with E-state index >= 15 is 0 Å². The van der Waals surface area contributed by atoms with Crippen LogP contribution in [0.1, 0.15) is 0 Å². The molecule has 8 heteroatoms. The van der Waals surface area contributed by atoms with E-state index in [4.69, 9.17) is 0 Å². The van der Waals surface area contributed by atoms with E-state index in [0.29, 0.717) is 11.4 Å². The molecule has 0 aromatic heterocycles. The first-order chi connectivity index (χ1) is 7.22. The zero-order valence-electron chi connectivity index (χ0n) is 8.65. The second kappa shape index (κ2) is 3.27. The third-order valence-electron chi connectivity index (χ3n) is 2.30. The predicted octanol–water partition coefficient (Wildman–Crippen LogP) is 1.36. The van der Waals surface area contributed by atoms with Gasteiger partial charge in [-0.2, -0.15) is 0 Å². The zero-order valence-corrected chi connectivity index (χ0v) is 10.3. The summed E-state index contributed by atoms with van der Waals surface area (Å²) in [6.45, 7) is 0. The number of anilines is 1. The summed E-state index contributed by atoms with van der Waals surface area (Å²) in [6, 6.07) is 4.24. The van der Waals surface area contributed by atoms with Crippen LogP contribution in [-0.4, -0.2) is 30.8 Å². The van der Waals surface area contributed by atoms with Crippen molar-refractivity contribution in [1.29, 1.82) is 0 Å². The largest absolute Gasteiger partial charge is 0.263 e. The minimum absolute atomic E-state index is 0.130. The van der Waals surface area contributed by atoms with Gasteiger partial charge in [0.1, 0.15) is 5.69 Å². The molecule has 2 N–H and O–H groups in total. The molecule has 0 atom stereocenters. The third-order valence-corrected chi connectivity index (χ3v) is 4.79. The first-order valence-corrected chi connectivity index (χ1v) is 7.66. The van der Waals surface area contributed by atoms with Crippen LogP contribution >= 0.6 is 11.0 Å². The van der Waals surface area contributed by atoms with Gasteiger partial charge in [0.2, 0.25) is 0 Å². The summed E-state index contributed by atoms with van der Waals surface area (Å²) >= 11 is 0. The van der Waals surface area contributed by atoms with Gasteiger partial charge in [-0.3, -0.25) is 13.4 Å². The highest BCUT2D eigenvalue weighted by Gasteiger charge is 2.33. The van der Waals surface area contributed by atoms with Gasteiger partial charge in [0.25, 0.3) is 0 Å². The van der Waals surface area contributed by atoms with Crippen LogP contribution in [0.5, 0.6) is 0 Å². The van der Waals surface area contributed by atoms with Gasteiger partial charge in [0.15, 0.2) is 9.84 Å². The van der Waals surface area contributed by atoms with Gasteiger partial charge in [-0.05, 0) is 29.2 Å². The Morgan fingerprint density at radius 1 is 1.38 bits per heavy atom. The average Bonchev–Trinajstić information content (AvgIpc) is 2.36. The number of benzene rings is 1. The van der Waals surface area contributed by atoms with E-state index in [1.54, 1.807) is 0 Å². The van der Waals surface area contributed by atoms with E-state index in [2.05, 4.69) is 4.72 Å². The maximum atomic E-state index is 11.3. The Balaban J connectivity index is 2.56. The lowest BCUT2D eigenvalue weighted by molar-refractivity contribution is 0.480. The predicted molar refractivity (Wildman–Crippen MR) is 62.6 cm³/mol. The van der Waals surface area contributed by atoms with Crippen molar-refractivity contribution in [3.05, 3.63) is 18.2 Å². The summed E-state index contributed by atoms with van der Waals surface area (Å²) in [5, 5.41) is 0. The lowest BCUT2D eigenvalue weighted by Gasteiger charge is -2.32. The van der Waals surface area contributed by atoms with Crippen molar-refractivity contribution >= 4 is 32.2 Å². The van der Waals surface area contributed by atoms with Crippen molar-refractivity contribution in [3.8, 4) is 0 Å². The van der Waals surface area contributed by atoms with E-state index < -0.39 is 20.8 Å². The fourth-order valence-electron chi connectivity index (χ4n) is 1.39. The second-order valence-corrected chi connectivity index (χ2v) is 7.23. The van der Waals surface area contributed by atoms with Crippen molar-refractivity contribution in [3.63, 3.8) is 0 Å². The maximum absolute atomic E-state index is 11.3. The van der Waals surface area contributed by atoms with Gasteiger partial charge >= 0.3 is 0 Å². The van der Waals surface area contributed by atoms with Crippen molar-refractivity contribution in [2.45, 2.75) is 4.90 Å². The van der Waals surface area contributed by atoms with Crippen LogP contribution < -0.4 is 9.03 Å². The lowest BCUT2D eigenvalue weighted by Crippen LogP contribution is -2.20. The summed E-state index contributed by atoms with van der Waals surface area (Å²) in [4.78, 5) is 0.130. The monoisotopic (exact) mass is 263 g/mol. The molecular weight excluding hydrogens is 252 g/mol. The SMILES string of the molecule is CN1c2cc(S(C)(=O)=O)ccc2[N]S1(O)O. The van der Waals surface area contributed by atoms with Crippen LogP contribution in [0.3, 0.4) is 0 Å². The van der Waals surface area contributed by atoms with Gasteiger partial charge in [0, 0.05) is 13.3 Å². The second-order valence-electron chi connectivity index (χ2n) is 3.50. The van der Waals surface area contributed by atoms with E-state index in [1.807, 2.05) is 0 Å². The fraction of sp³-hybridized carbons (Fsp3) is 0.250. The highest BCUT2D eigenvalue weighted by molar-refractivity contribution is 8.24. The summed E-state index contributed by atoms with van der Waals surface area (Å²) in [7, 11) is -5.04. The molecule has 0 saturated carbocycles. The van der Waals surface area contributed by atoms with Crippen molar-refractivity contribution in [2.24, 2.45) is 0 Å². The summed E-state index contributed by atoms with van der Waals surface area (Å²) in [6.07, 6.45) is 1.10. The topological polar surface area (TPSA) is 91.9 Å². The highest BCUT2D eigenvalue weighted by Crippen LogP contribution is 2.55. The van der Waals surface area contributed by atoms with Crippen molar-refractivity contribution < 1.29 is 17.5 Å². The fourth-order valence-corrected chi connectivity index (χ4v) is 2.98. The number of nitrogens with zero attached hydrogens (tertiary/aromatic N) is 2. The molecule has 1 radical (unpaired) electrons. The zero-order chi connectivity index (χ0) is 12.1. The molecule has 0 bridgehead atoms. The summed E-state index contributed by atoms with van der Waals surface area (Å²) in [5.41, 5.74) is 0.790. The molecule has 0 fully saturated rings. The number of sulfone groups is 1. The van der Waals surface area contributed by atoms with Crippen molar-refractivity contribution in [1.82, 2.24) is 4.72 Å². The molecular formula is C8H11N2O4S2. The van der Waals surface area contributed by atoms with Crippen LogP contribution in [-0.2, 0) is 9.84 Å². The Hall–Kier alpha value is -0.960. The molecule has 0 aliphatic carbocycles. The Bertz CT molecular complexity index is 541. The quantitative estimate of drug-likeness (QED) is 0.798. The Labute approximate surface area is 95.4 Å². The Kier molecular flexibility index (Phi) is 2.35. The minimum Gasteiger partial charge on any atom is -0.263 e. The summed E-state index contributed by atoms with van der Waals surface area (Å²) in [5.74, 6) is 0. The smallest absolute Gasteiger partial charge is 0.175 e. The molecule has 0 unspecified atom stereocenters. The van der Waals surface area contributed by atoms with Gasteiger partial charge < -0.3 is 0 Å². The highest BCUT2D eigenvalue weighted by atomic mass is 32.3. The molecule has 0 spiro atoms. The summed E-state index contributed by atoms with van der Waals surface area (Å²) < 4.78 is 46.6. The average molecular weight is 263 g/mol. The Morgan fingerprint density at radius 2 is 2.00 bits per heavy atom. The van der Waals surface area contributed by atoms with Gasteiger partial charge in [-0.15, -0.1) is 4.72 Å². The molecule has 0 saturated heterocycles. The number of hydrogen-bond donors (Lipinski definition) is 2. The molecule has 89 valence electrons. The Morgan fingerprint density at radius 3 is 2.56 bits per heavy atom. The number of hydrogen-bond acceptors (Lipinski definition) is 5. The first-order valence-electron chi connectivity index (χ1n) is 4.31. The molecule has 6 nitrogen and oxygen atoms in total. The van der Waals surface area contributed by atoms with Crippen LogP contribution in [0.25, 0.3) is 0 Å². The normalized spacial score (nSPS) is 20.1. The van der Waals surface area contributed by atoms with Gasteiger partial charge in [-0.25, -0.2) is 8.42 Å². The van der Waals surface area contributed by atoms with Gasteiger partial charge in [-0.1, -0.05) is 0 Å². The molecule has 1 heterocycles. The van der Waals surface area contributed by atoms with Gasteiger partial charge in [0.05, 0.1) is 10.6 Å². The molecule has 2 rings (SSSR count). The number of fused-ring (bicyclic) bond motifs is 1. The number of rotatable bonds is 1. The van der Waals surface area contributed by atoms with Crippen LogP contribution in [0.15, 0.2) is 23.1 Å². The van der Waals surface area contributed by atoms with E-state index in [9.17, 15) is 17.5 Å². The molecule has 1 aliphatic heterocycles. The lowest BCUT2D eigenvalue weighted by atomic mass is 10.3. The van der Waals surface area contributed by atoms with E-state index in [1.165, 1.54) is 29.6 Å². The first kappa shape index (κ1) is 11.5. The van der Waals surface area contributed by atoms with E-state index in [0.717, 1.165) is 6.26 Å². The molecule has 16 heavy (non-hydrogen) atoms. The maximum Gasteiger partial charge on any atom is 0.175 e. The van der Waals surface area contributed by atoms with Crippen LogP contribution in [0.2, 0.25) is 0 Å². The van der Waals surface area contributed by atoms with Crippen LogP contribution in [0, 0.1) is 0 Å². The molecule has 1 aromatic carbocycles.